The first-order valence-corrected chi connectivity index (χ1v) is 9.39. The van der Waals surface area contributed by atoms with Crippen LogP contribution < -0.4 is 0 Å². The average Bonchev–Trinajstić information content (AvgIpc) is 3.26. The fraction of sp³-hybridized carbons (Fsp3) is 0.150. The number of aromatic nitrogens is 1. The predicted molar refractivity (Wildman–Crippen MR) is 104 cm³/mol. The number of thiophene rings is 1. The molecule has 0 fully saturated rings. The summed E-state index contributed by atoms with van der Waals surface area (Å²) in [5.74, 6) is 0. The molecule has 1 aliphatic rings. The van der Waals surface area contributed by atoms with Gasteiger partial charge in [0.2, 0.25) is 0 Å². The Morgan fingerprint density at radius 1 is 1.15 bits per heavy atom. The van der Waals surface area contributed by atoms with Crippen molar-refractivity contribution in [3.8, 4) is 0 Å². The van der Waals surface area contributed by atoms with E-state index in [0.717, 1.165) is 27.3 Å². The van der Waals surface area contributed by atoms with Gasteiger partial charge < -0.3 is 5.11 Å². The number of aliphatic hydroxyl groups excluding tert-OH is 1. The largest absolute Gasteiger partial charge is 0.374 e. The van der Waals surface area contributed by atoms with E-state index in [-0.39, 0.29) is 12.8 Å². The Morgan fingerprint density at radius 2 is 1.96 bits per heavy atom. The Labute approximate surface area is 160 Å². The van der Waals surface area contributed by atoms with E-state index in [0.29, 0.717) is 5.02 Å². The third-order valence-electron chi connectivity index (χ3n) is 4.24. The van der Waals surface area contributed by atoms with Crippen LogP contribution in [0.15, 0.2) is 60.9 Å². The fourth-order valence-electron chi connectivity index (χ4n) is 3.10. The zero-order chi connectivity index (χ0) is 18.1. The van der Waals surface area contributed by atoms with Gasteiger partial charge in [0.25, 0.3) is 0 Å². The van der Waals surface area contributed by atoms with Gasteiger partial charge >= 0.3 is 0 Å². The maximum absolute atomic E-state index is 9.92. The predicted octanol–water partition coefficient (Wildman–Crippen LogP) is 4.91. The number of hydrogen-bond donors (Lipinski definition) is 1. The van der Waals surface area contributed by atoms with Crippen LogP contribution in [0.25, 0.3) is 11.3 Å². The summed E-state index contributed by atoms with van der Waals surface area (Å²) in [4.78, 5) is 12.7. The molecule has 1 unspecified atom stereocenters. The number of hydroxylamine groups is 2. The van der Waals surface area contributed by atoms with Crippen LogP contribution in [0.5, 0.6) is 0 Å². The number of benzene rings is 1. The van der Waals surface area contributed by atoms with E-state index in [2.05, 4.69) is 24.0 Å². The third kappa shape index (κ3) is 3.15. The Morgan fingerprint density at radius 3 is 2.58 bits per heavy atom. The minimum Gasteiger partial charge on any atom is -0.374 e. The molecule has 26 heavy (non-hydrogen) atoms. The summed E-state index contributed by atoms with van der Waals surface area (Å²) in [5, 5.41) is 12.1. The molecule has 1 aromatic carbocycles. The highest BCUT2D eigenvalue weighted by Crippen LogP contribution is 2.48. The molecule has 3 heterocycles. The van der Waals surface area contributed by atoms with E-state index >= 15 is 0 Å². The van der Waals surface area contributed by atoms with Crippen molar-refractivity contribution in [2.45, 2.75) is 13.0 Å². The molecule has 0 radical (unpaired) electrons. The SMILES string of the molecule is Cc1ccc(C2ON(CO)C(c3ccc(Cl)cc3)=C2c2cccnc2)s1. The Kier molecular flexibility index (Phi) is 4.78. The van der Waals surface area contributed by atoms with E-state index < -0.39 is 0 Å². The number of halogens is 1. The Hall–Kier alpha value is -2.18. The number of rotatable bonds is 4. The molecule has 0 spiro atoms. The summed E-state index contributed by atoms with van der Waals surface area (Å²) < 4.78 is 0. The molecule has 0 aliphatic carbocycles. The highest BCUT2D eigenvalue weighted by molar-refractivity contribution is 7.12. The molecule has 2 aromatic heterocycles. The lowest BCUT2D eigenvalue weighted by molar-refractivity contribution is -0.158. The molecule has 4 nitrogen and oxygen atoms in total. The number of aliphatic hydroxyl groups is 1. The van der Waals surface area contributed by atoms with Gasteiger partial charge in [0.15, 0.2) is 0 Å². The smallest absolute Gasteiger partial charge is 0.148 e. The van der Waals surface area contributed by atoms with Crippen LogP contribution in [0, 0.1) is 6.92 Å². The molecule has 6 heteroatoms. The topological polar surface area (TPSA) is 45.6 Å². The molecule has 1 aliphatic heterocycles. The minimum atomic E-state index is -0.296. The molecular weight excluding hydrogens is 368 g/mol. The van der Waals surface area contributed by atoms with Crippen LogP contribution >= 0.6 is 22.9 Å². The lowest BCUT2D eigenvalue weighted by Gasteiger charge is -2.19. The van der Waals surface area contributed by atoms with Crippen molar-refractivity contribution in [2.24, 2.45) is 0 Å². The molecule has 4 rings (SSSR count). The van der Waals surface area contributed by atoms with E-state index in [1.807, 2.05) is 42.6 Å². The van der Waals surface area contributed by atoms with Crippen molar-refractivity contribution >= 4 is 34.2 Å². The molecule has 0 bridgehead atoms. The first-order chi connectivity index (χ1) is 12.7. The fourth-order valence-corrected chi connectivity index (χ4v) is 4.14. The normalized spacial score (nSPS) is 17.2. The molecule has 0 amide bonds. The van der Waals surface area contributed by atoms with E-state index in [9.17, 15) is 5.11 Å². The summed E-state index contributed by atoms with van der Waals surface area (Å²) >= 11 is 7.74. The van der Waals surface area contributed by atoms with Gasteiger partial charge in [-0.05, 0) is 37.3 Å². The minimum absolute atomic E-state index is 0.247. The quantitative estimate of drug-likeness (QED) is 0.694. The van der Waals surface area contributed by atoms with Crippen LogP contribution in [0.4, 0.5) is 0 Å². The number of nitrogens with zero attached hydrogens (tertiary/aromatic N) is 2. The molecule has 1 N–H and O–H groups in total. The molecule has 132 valence electrons. The van der Waals surface area contributed by atoms with E-state index in [1.165, 1.54) is 9.94 Å². The standard InChI is InChI=1S/C20H17ClN2O2S/c1-13-4-9-17(26-13)20-18(15-3-2-10-22-11-15)19(23(12-24)25-20)14-5-7-16(21)8-6-14/h2-11,20,24H,12H2,1H3. The summed E-state index contributed by atoms with van der Waals surface area (Å²) in [6.45, 7) is 1.82. The number of aryl methyl sites for hydroxylation is 1. The van der Waals surface area contributed by atoms with Crippen molar-refractivity contribution in [3.63, 3.8) is 0 Å². The van der Waals surface area contributed by atoms with Crippen LogP contribution in [-0.4, -0.2) is 21.9 Å². The van der Waals surface area contributed by atoms with Crippen molar-refractivity contribution in [3.05, 3.63) is 86.8 Å². The van der Waals surface area contributed by atoms with E-state index in [4.69, 9.17) is 16.4 Å². The second kappa shape index (κ2) is 7.21. The summed E-state index contributed by atoms with van der Waals surface area (Å²) in [5.41, 5.74) is 3.70. The third-order valence-corrected chi connectivity index (χ3v) is 5.53. The second-order valence-corrected chi connectivity index (χ2v) is 7.72. The van der Waals surface area contributed by atoms with Gasteiger partial charge in [0.1, 0.15) is 12.8 Å². The van der Waals surface area contributed by atoms with Gasteiger partial charge in [-0.25, -0.2) is 5.06 Å². The van der Waals surface area contributed by atoms with E-state index in [1.54, 1.807) is 17.5 Å². The van der Waals surface area contributed by atoms with Crippen LogP contribution in [0.2, 0.25) is 5.02 Å². The maximum Gasteiger partial charge on any atom is 0.148 e. The summed E-state index contributed by atoms with van der Waals surface area (Å²) in [6.07, 6.45) is 3.27. The van der Waals surface area contributed by atoms with Gasteiger partial charge in [-0.2, -0.15) is 0 Å². The highest BCUT2D eigenvalue weighted by Gasteiger charge is 2.36. The molecule has 0 saturated carbocycles. The number of pyridine rings is 1. The van der Waals surface area contributed by atoms with Gasteiger partial charge in [-0.3, -0.25) is 9.82 Å². The lowest BCUT2D eigenvalue weighted by atomic mass is 9.96. The first-order valence-electron chi connectivity index (χ1n) is 8.19. The van der Waals surface area contributed by atoms with Crippen molar-refractivity contribution < 1.29 is 9.94 Å². The average molecular weight is 385 g/mol. The molecule has 3 aromatic rings. The Balaban J connectivity index is 1.93. The summed E-state index contributed by atoms with van der Waals surface area (Å²) in [7, 11) is 0. The molecular formula is C20H17ClN2O2S. The molecule has 1 atom stereocenters. The van der Waals surface area contributed by atoms with Gasteiger partial charge in [-0.1, -0.05) is 29.8 Å². The van der Waals surface area contributed by atoms with Crippen molar-refractivity contribution in [2.75, 3.05) is 6.73 Å². The molecule has 0 saturated heterocycles. The second-order valence-electron chi connectivity index (χ2n) is 5.96. The highest BCUT2D eigenvalue weighted by atomic mass is 35.5. The van der Waals surface area contributed by atoms with Gasteiger partial charge in [-0.15, -0.1) is 11.3 Å². The van der Waals surface area contributed by atoms with Crippen molar-refractivity contribution in [1.82, 2.24) is 10.0 Å². The van der Waals surface area contributed by atoms with Crippen LogP contribution in [-0.2, 0) is 4.84 Å². The van der Waals surface area contributed by atoms with Gasteiger partial charge in [0, 0.05) is 43.9 Å². The van der Waals surface area contributed by atoms with Crippen molar-refractivity contribution in [1.29, 1.82) is 0 Å². The first kappa shape index (κ1) is 17.2. The summed E-state index contributed by atoms with van der Waals surface area (Å²) in [6, 6.07) is 15.6. The monoisotopic (exact) mass is 384 g/mol. The zero-order valence-electron chi connectivity index (χ0n) is 14.1. The Bertz CT molecular complexity index is 938. The van der Waals surface area contributed by atoms with Crippen LogP contribution in [0.3, 0.4) is 0 Å². The van der Waals surface area contributed by atoms with Gasteiger partial charge in [0.05, 0.1) is 5.70 Å². The maximum atomic E-state index is 9.92. The zero-order valence-corrected chi connectivity index (χ0v) is 15.7. The van der Waals surface area contributed by atoms with Crippen LogP contribution in [0.1, 0.15) is 27.0 Å². The lowest BCUT2D eigenvalue weighted by Crippen LogP contribution is -2.19. The number of hydrogen-bond acceptors (Lipinski definition) is 5.